The van der Waals surface area contributed by atoms with Crippen LogP contribution in [0, 0.1) is 17.3 Å². The molecular formula is C33H46N4O4. The Morgan fingerprint density at radius 1 is 1.15 bits per heavy atom. The van der Waals surface area contributed by atoms with Crippen LogP contribution in [-0.4, -0.2) is 56.7 Å². The first-order chi connectivity index (χ1) is 19.5. The van der Waals surface area contributed by atoms with Gasteiger partial charge >= 0.3 is 0 Å². The molecule has 0 spiro atoms. The summed E-state index contributed by atoms with van der Waals surface area (Å²) in [6.07, 6.45) is 8.30. The highest BCUT2D eigenvalue weighted by Crippen LogP contribution is 2.59. The van der Waals surface area contributed by atoms with E-state index >= 15 is 0 Å². The van der Waals surface area contributed by atoms with E-state index in [2.05, 4.69) is 31.3 Å². The number of nitrogens with one attached hydrogen (secondary N) is 1. The molecule has 2 fully saturated rings. The molecule has 2 amide bonds. The number of ketones is 2. The Hall–Kier alpha value is -3.03. The van der Waals surface area contributed by atoms with E-state index in [4.69, 9.17) is 5.10 Å². The number of aryl methyl sites for hydroxylation is 2. The molecule has 0 radical (unpaired) electrons. The Labute approximate surface area is 243 Å². The summed E-state index contributed by atoms with van der Waals surface area (Å²) in [5, 5.41) is 8.71. The SMILES string of the molecule is CCC(=O)[C@@H]1C[C@]23CNC(=O)[C@H](C)CCCCCc4cc(CCC(C)C)cc5c(C(C)=O)nn(c45)CC(=O)N1[C@@H]2C3. The Balaban J connectivity index is 1.56. The third-order valence-electron chi connectivity index (χ3n) is 9.68. The molecule has 2 aromatic rings. The van der Waals surface area contributed by atoms with Gasteiger partial charge in [-0.1, -0.05) is 46.6 Å². The summed E-state index contributed by atoms with van der Waals surface area (Å²) < 4.78 is 1.73. The predicted octanol–water partition coefficient (Wildman–Crippen LogP) is 5.04. The fourth-order valence-electron chi connectivity index (χ4n) is 7.11. The second-order valence-electron chi connectivity index (χ2n) is 13.3. The minimum Gasteiger partial charge on any atom is -0.355 e. The standard InChI is InChI=1S/C33H46N4O4/c1-6-27(39)26-16-33-17-28(33)37(26)29(40)18-36-31-24(11-9-7-8-10-21(4)32(41)34-19-33)14-23(13-12-20(2)3)15-25(31)30(35-36)22(5)38/h14-15,20-21,26,28H,6-13,16-19H2,1-5H3,(H,34,41)/t21-,26+,28-,33+/m1/s1. The van der Waals surface area contributed by atoms with Crippen LogP contribution in [0.5, 0.6) is 0 Å². The van der Waals surface area contributed by atoms with Gasteiger partial charge in [0.15, 0.2) is 11.6 Å². The molecule has 1 N–H and O–H groups in total. The van der Waals surface area contributed by atoms with Gasteiger partial charge in [-0.15, -0.1) is 0 Å². The number of rotatable bonds is 6. The molecule has 1 saturated carbocycles. The number of carbonyl (C=O) groups is 4. The van der Waals surface area contributed by atoms with Crippen molar-refractivity contribution in [2.75, 3.05) is 6.54 Å². The highest BCUT2D eigenvalue weighted by Gasteiger charge is 2.66. The van der Waals surface area contributed by atoms with Crippen molar-refractivity contribution in [3.05, 3.63) is 29.0 Å². The van der Waals surface area contributed by atoms with E-state index in [9.17, 15) is 19.2 Å². The van der Waals surface area contributed by atoms with Gasteiger partial charge in [-0.25, -0.2) is 0 Å². The number of hydrogen-bond donors (Lipinski definition) is 1. The molecule has 1 saturated heterocycles. The normalized spacial score (nSPS) is 27.1. The average Bonchev–Trinajstić information content (AvgIpc) is 3.35. The number of benzene rings is 1. The van der Waals surface area contributed by atoms with Crippen LogP contribution in [0.2, 0.25) is 0 Å². The largest absolute Gasteiger partial charge is 0.355 e. The summed E-state index contributed by atoms with van der Waals surface area (Å²) in [6.45, 7) is 10.3. The molecule has 222 valence electrons. The van der Waals surface area contributed by atoms with Gasteiger partial charge in [0.2, 0.25) is 11.8 Å². The number of amides is 2. The van der Waals surface area contributed by atoms with Gasteiger partial charge in [0.25, 0.3) is 0 Å². The maximum absolute atomic E-state index is 14.0. The first-order valence-electron chi connectivity index (χ1n) is 15.7. The van der Waals surface area contributed by atoms with E-state index in [1.165, 1.54) is 12.5 Å². The summed E-state index contributed by atoms with van der Waals surface area (Å²) in [6, 6.07) is 3.80. The van der Waals surface area contributed by atoms with E-state index in [1.54, 1.807) is 9.58 Å². The van der Waals surface area contributed by atoms with Gasteiger partial charge in [-0.05, 0) is 68.1 Å². The van der Waals surface area contributed by atoms with Gasteiger partial charge in [-0.3, -0.25) is 23.9 Å². The number of piperidine rings is 1. The summed E-state index contributed by atoms with van der Waals surface area (Å²) in [5.41, 5.74) is 3.36. The van der Waals surface area contributed by atoms with Gasteiger partial charge in [-0.2, -0.15) is 5.10 Å². The molecule has 1 aliphatic carbocycles. The van der Waals surface area contributed by atoms with Gasteiger partial charge in [0.1, 0.15) is 12.2 Å². The van der Waals surface area contributed by atoms with Crippen molar-refractivity contribution in [3.63, 3.8) is 0 Å². The zero-order chi connectivity index (χ0) is 29.5. The molecule has 1 aromatic carbocycles. The summed E-state index contributed by atoms with van der Waals surface area (Å²) in [5.74, 6) is 0.369. The van der Waals surface area contributed by atoms with Crippen molar-refractivity contribution >= 4 is 34.3 Å². The van der Waals surface area contributed by atoms with Crippen molar-refractivity contribution in [1.29, 1.82) is 0 Å². The molecule has 3 heterocycles. The Bertz CT molecular complexity index is 1360. The van der Waals surface area contributed by atoms with E-state index in [1.807, 2.05) is 13.8 Å². The van der Waals surface area contributed by atoms with Crippen LogP contribution >= 0.6 is 0 Å². The zero-order valence-electron chi connectivity index (χ0n) is 25.4. The Morgan fingerprint density at radius 2 is 1.93 bits per heavy atom. The monoisotopic (exact) mass is 562 g/mol. The average molecular weight is 563 g/mol. The first-order valence-corrected chi connectivity index (χ1v) is 15.7. The van der Waals surface area contributed by atoms with Crippen LogP contribution in [0.1, 0.15) is 108 Å². The molecule has 4 atom stereocenters. The minimum atomic E-state index is -0.476. The van der Waals surface area contributed by atoms with E-state index < -0.39 is 6.04 Å². The van der Waals surface area contributed by atoms with Crippen molar-refractivity contribution < 1.29 is 19.2 Å². The van der Waals surface area contributed by atoms with Crippen LogP contribution in [0.25, 0.3) is 10.9 Å². The third kappa shape index (κ3) is 5.84. The molecule has 8 heteroatoms. The Morgan fingerprint density at radius 3 is 2.63 bits per heavy atom. The summed E-state index contributed by atoms with van der Waals surface area (Å²) in [7, 11) is 0. The lowest BCUT2D eigenvalue weighted by Gasteiger charge is -2.26. The molecular weight excluding hydrogens is 516 g/mol. The molecule has 1 aromatic heterocycles. The van der Waals surface area contributed by atoms with Crippen molar-refractivity contribution in [2.24, 2.45) is 17.3 Å². The van der Waals surface area contributed by atoms with Crippen molar-refractivity contribution in [3.8, 4) is 0 Å². The predicted molar refractivity (Wildman–Crippen MR) is 159 cm³/mol. The lowest BCUT2D eigenvalue weighted by atomic mass is 9.94. The van der Waals surface area contributed by atoms with Crippen LogP contribution in [0.3, 0.4) is 0 Å². The van der Waals surface area contributed by atoms with E-state index in [0.717, 1.165) is 67.8 Å². The van der Waals surface area contributed by atoms with E-state index in [-0.39, 0.29) is 47.3 Å². The molecule has 2 aliphatic heterocycles. The fraction of sp³-hybridized carbons (Fsp3) is 0.667. The third-order valence-corrected chi connectivity index (χ3v) is 9.68. The maximum Gasteiger partial charge on any atom is 0.245 e. The maximum atomic E-state index is 14.0. The van der Waals surface area contributed by atoms with Gasteiger partial charge < -0.3 is 10.2 Å². The van der Waals surface area contributed by atoms with Crippen molar-refractivity contribution in [2.45, 2.75) is 117 Å². The quantitative estimate of drug-likeness (QED) is 0.498. The summed E-state index contributed by atoms with van der Waals surface area (Å²) in [4.78, 5) is 54.5. The number of hydrogen-bond acceptors (Lipinski definition) is 5. The molecule has 0 unspecified atom stereocenters. The second kappa shape index (κ2) is 11.7. The smallest absolute Gasteiger partial charge is 0.245 e. The molecule has 8 nitrogen and oxygen atoms in total. The number of nitrogens with zero attached hydrogens (tertiary/aromatic N) is 3. The second-order valence-corrected chi connectivity index (χ2v) is 13.3. The molecule has 5 rings (SSSR count). The lowest BCUT2D eigenvalue weighted by molar-refractivity contribution is -0.139. The van der Waals surface area contributed by atoms with Crippen molar-refractivity contribution in [1.82, 2.24) is 20.0 Å². The minimum absolute atomic E-state index is 0.00835. The van der Waals surface area contributed by atoms with Crippen LogP contribution in [0.15, 0.2) is 12.1 Å². The highest BCUT2D eigenvalue weighted by atomic mass is 16.2. The van der Waals surface area contributed by atoms with Crippen LogP contribution in [-0.2, 0) is 33.8 Å². The van der Waals surface area contributed by atoms with Gasteiger partial charge in [0.05, 0.1) is 11.6 Å². The molecule has 2 bridgehead atoms. The topological polar surface area (TPSA) is 101 Å². The van der Waals surface area contributed by atoms with Gasteiger partial charge in [0, 0.05) is 42.7 Å². The first kappa shape index (κ1) is 29.5. The molecule has 3 aliphatic rings. The zero-order valence-corrected chi connectivity index (χ0v) is 25.4. The van der Waals surface area contributed by atoms with Crippen LogP contribution in [0.4, 0.5) is 0 Å². The van der Waals surface area contributed by atoms with Crippen LogP contribution < -0.4 is 5.32 Å². The summed E-state index contributed by atoms with van der Waals surface area (Å²) >= 11 is 0. The highest BCUT2D eigenvalue weighted by molar-refractivity contribution is 6.06. The van der Waals surface area contributed by atoms with E-state index in [0.29, 0.717) is 31.0 Å². The Kier molecular flexibility index (Phi) is 8.40. The number of carbonyl (C=O) groups excluding carboxylic acids is 4. The fourth-order valence-corrected chi connectivity index (χ4v) is 7.11. The lowest BCUT2D eigenvalue weighted by Crippen LogP contribution is -2.44. The number of aromatic nitrogens is 2. The molecule has 41 heavy (non-hydrogen) atoms. The number of Topliss-reactive ketones (excluding diaryl/α,β-unsaturated/α-hetero) is 2.